The molecule has 2 aromatic heterocycles. The minimum absolute atomic E-state index is 0.637. The van der Waals surface area contributed by atoms with Gasteiger partial charge in [0.05, 0.1) is 11.0 Å². The minimum atomic E-state index is 0.637. The van der Waals surface area contributed by atoms with E-state index in [0.29, 0.717) is 17.5 Å². The molecular formula is C53H32N4. The molecule has 0 saturated heterocycles. The molecular weight excluding hydrogens is 693 g/mol. The van der Waals surface area contributed by atoms with Crippen LogP contribution in [0.4, 0.5) is 0 Å². The summed E-state index contributed by atoms with van der Waals surface area (Å²) in [7, 11) is 0. The lowest BCUT2D eigenvalue weighted by Gasteiger charge is -2.16. The molecule has 12 rings (SSSR count). The van der Waals surface area contributed by atoms with Crippen LogP contribution in [0, 0.1) is 0 Å². The highest BCUT2D eigenvalue weighted by Gasteiger charge is 2.26. The molecule has 4 nitrogen and oxygen atoms in total. The Hall–Kier alpha value is -7.69. The Morgan fingerprint density at radius 2 is 0.842 bits per heavy atom. The Morgan fingerprint density at radius 3 is 1.58 bits per heavy atom. The largest absolute Gasteiger partial charge is 0.309 e. The van der Waals surface area contributed by atoms with Gasteiger partial charge in [-0.25, -0.2) is 15.0 Å². The molecule has 0 unspecified atom stereocenters. The van der Waals surface area contributed by atoms with E-state index in [1.807, 2.05) is 30.3 Å². The maximum Gasteiger partial charge on any atom is 0.164 e. The number of rotatable bonds is 5. The minimum Gasteiger partial charge on any atom is -0.309 e. The van der Waals surface area contributed by atoms with Crippen LogP contribution in [0.15, 0.2) is 194 Å². The zero-order valence-corrected chi connectivity index (χ0v) is 30.8. The third kappa shape index (κ3) is 4.91. The molecule has 2 heterocycles. The number of fused-ring (bicyclic) bond motifs is 4. The van der Waals surface area contributed by atoms with E-state index in [-0.39, 0.29) is 0 Å². The van der Waals surface area contributed by atoms with E-state index in [9.17, 15) is 0 Å². The van der Waals surface area contributed by atoms with E-state index in [2.05, 4.69) is 168 Å². The Morgan fingerprint density at radius 1 is 0.298 bits per heavy atom. The maximum absolute atomic E-state index is 5.09. The molecule has 1 aliphatic carbocycles. The first kappa shape index (κ1) is 31.6. The summed E-state index contributed by atoms with van der Waals surface area (Å²) in [5.74, 6) is 1.93. The molecule has 0 amide bonds. The van der Waals surface area contributed by atoms with Crippen molar-refractivity contribution in [1.29, 1.82) is 0 Å². The zero-order chi connectivity index (χ0) is 37.5. The second-order valence-corrected chi connectivity index (χ2v) is 14.8. The first-order valence-electron chi connectivity index (χ1n) is 19.4. The monoisotopic (exact) mass is 724 g/mol. The summed E-state index contributed by atoms with van der Waals surface area (Å²) in [4.78, 5) is 15.1. The van der Waals surface area contributed by atoms with Crippen LogP contribution in [0.5, 0.6) is 0 Å². The average molecular weight is 725 g/mol. The molecule has 264 valence electrons. The zero-order valence-electron chi connectivity index (χ0n) is 30.8. The van der Waals surface area contributed by atoms with E-state index in [1.165, 1.54) is 71.3 Å². The van der Waals surface area contributed by atoms with Gasteiger partial charge in [0.2, 0.25) is 0 Å². The third-order valence-corrected chi connectivity index (χ3v) is 11.6. The first-order chi connectivity index (χ1) is 28.3. The van der Waals surface area contributed by atoms with Crippen molar-refractivity contribution in [2.45, 2.75) is 0 Å². The van der Waals surface area contributed by atoms with Gasteiger partial charge < -0.3 is 4.57 Å². The fourth-order valence-corrected chi connectivity index (χ4v) is 8.98. The quantitative estimate of drug-likeness (QED) is 0.177. The van der Waals surface area contributed by atoms with Crippen LogP contribution in [0.2, 0.25) is 0 Å². The number of hydrogen-bond acceptors (Lipinski definition) is 3. The highest BCUT2D eigenvalue weighted by Crippen LogP contribution is 2.51. The van der Waals surface area contributed by atoms with Gasteiger partial charge in [-0.05, 0) is 92.0 Å². The van der Waals surface area contributed by atoms with Crippen molar-refractivity contribution < 1.29 is 0 Å². The molecule has 57 heavy (non-hydrogen) atoms. The van der Waals surface area contributed by atoms with E-state index in [1.54, 1.807) is 0 Å². The molecule has 4 heteroatoms. The Labute approximate surface area is 329 Å². The van der Waals surface area contributed by atoms with Gasteiger partial charge in [0.25, 0.3) is 0 Å². The summed E-state index contributed by atoms with van der Waals surface area (Å²) < 4.78 is 2.42. The Balaban J connectivity index is 1.06. The molecule has 0 radical (unpaired) electrons. The first-order valence-corrected chi connectivity index (χ1v) is 19.4. The van der Waals surface area contributed by atoms with Crippen LogP contribution < -0.4 is 0 Å². The van der Waals surface area contributed by atoms with E-state index >= 15 is 0 Å². The number of nitrogens with zero attached hydrogens (tertiary/aromatic N) is 4. The predicted octanol–water partition coefficient (Wildman–Crippen LogP) is 13.6. The topological polar surface area (TPSA) is 43.6 Å². The van der Waals surface area contributed by atoms with Crippen LogP contribution in [0.3, 0.4) is 0 Å². The summed E-state index contributed by atoms with van der Waals surface area (Å²) in [5, 5.41) is 7.46. The fourth-order valence-electron chi connectivity index (χ4n) is 8.98. The molecule has 0 N–H and O–H groups in total. The molecule has 0 saturated carbocycles. The van der Waals surface area contributed by atoms with Crippen molar-refractivity contribution in [3.05, 3.63) is 194 Å². The number of hydrogen-bond donors (Lipinski definition) is 0. The van der Waals surface area contributed by atoms with Crippen LogP contribution in [-0.4, -0.2) is 19.5 Å². The van der Waals surface area contributed by atoms with Crippen molar-refractivity contribution in [3.63, 3.8) is 0 Å². The van der Waals surface area contributed by atoms with Gasteiger partial charge in [-0.1, -0.05) is 152 Å². The van der Waals surface area contributed by atoms with E-state index in [4.69, 9.17) is 15.0 Å². The molecule has 0 spiro atoms. The van der Waals surface area contributed by atoms with Gasteiger partial charge in [-0.15, -0.1) is 0 Å². The smallest absolute Gasteiger partial charge is 0.164 e. The third-order valence-electron chi connectivity index (χ3n) is 11.6. The Kier molecular flexibility index (Phi) is 6.89. The summed E-state index contributed by atoms with van der Waals surface area (Å²) in [6, 6.07) is 69.3. The molecule has 0 atom stereocenters. The van der Waals surface area contributed by atoms with Crippen LogP contribution >= 0.6 is 0 Å². The standard InChI is InChI=1S/C53H32N4/c1-3-13-34(14-4-1)40-28-29-45-42-19-10-9-18-41(42)43-20-11-21-46-49(43)50-47(31-30-44(40)48(45)50)57(46)39-26-24-36(25-27-39)52-54-51(35-15-5-2-6-16-35)55-53(56-52)38-23-22-33-12-7-8-17-37(33)32-38/h1-32H. The predicted molar refractivity (Wildman–Crippen MR) is 235 cm³/mol. The summed E-state index contributed by atoms with van der Waals surface area (Å²) in [6.07, 6.45) is 0. The fraction of sp³-hybridized carbons (Fsp3) is 0. The molecule has 9 aromatic carbocycles. The SMILES string of the molecule is c1ccc(-c2nc(-c3ccc(-n4c5cccc6c5c5c7c(ccc(-c8ccccc8)c7ccc54)-c4ccccc4-6)cc3)nc(-c3ccc4ccccc4c3)n2)cc1. The lowest BCUT2D eigenvalue weighted by atomic mass is 9.90. The maximum atomic E-state index is 5.09. The normalized spacial score (nSPS) is 11.9. The molecule has 0 fully saturated rings. The molecule has 0 bridgehead atoms. The number of aromatic nitrogens is 4. The van der Waals surface area contributed by atoms with Gasteiger partial charge in [0.15, 0.2) is 17.5 Å². The second-order valence-electron chi connectivity index (χ2n) is 14.8. The molecule has 11 aromatic rings. The van der Waals surface area contributed by atoms with Gasteiger partial charge in [-0.2, -0.15) is 0 Å². The van der Waals surface area contributed by atoms with Crippen LogP contribution in [0.1, 0.15) is 0 Å². The van der Waals surface area contributed by atoms with Gasteiger partial charge >= 0.3 is 0 Å². The van der Waals surface area contributed by atoms with Crippen molar-refractivity contribution in [2.24, 2.45) is 0 Å². The van der Waals surface area contributed by atoms with Crippen LogP contribution in [0.25, 0.3) is 117 Å². The van der Waals surface area contributed by atoms with E-state index in [0.717, 1.165) is 27.8 Å². The van der Waals surface area contributed by atoms with Crippen molar-refractivity contribution in [3.8, 4) is 73.2 Å². The summed E-state index contributed by atoms with van der Waals surface area (Å²) in [6.45, 7) is 0. The van der Waals surface area contributed by atoms with Crippen LogP contribution in [-0.2, 0) is 0 Å². The summed E-state index contributed by atoms with van der Waals surface area (Å²) in [5.41, 5.74) is 13.8. The highest BCUT2D eigenvalue weighted by atomic mass is 15.0. The molecule has 0 aliphatic heterocycles. The molecule has 1 aliphatic rings. The lowest BCUT2D eigenvalue weighted by Crippen LogP contribution is -2.00. The summed E-state index contributed by atoms with van der Waals surface area (Å²) >= 11 is 0. The van der Waals surface area contributed by atoms with Gasteiger partial charge in [0.1, 0.15) is 0 Å². The van der Waals surface area contributed by atoms with E-state index < -0.39 is 0 Å². The lowest BCUT2D eigenvalue weighted by molar-refractivity contribution is 1.07. The van der Waals surface area contributed by atoms with Gasteiger partial charge in [-0.3, -0.25) is 0 Å². The van der Waals surface area contributed by atoms with Crippen molar-refractivity contribution in [2.75, 3.05) is 0 Å². The number of benzene rings is 9. The van der Waals surface area contributed by atoms with Crippen molar-refractivity contribution >= 4 is 43.4 Å². The highest BCUT2D eigenvalue weighted by molar-refractivity contribution is 6.31. The van der Waals surface area contributed by atoms with Gasteiger partial charge in [0, 0.05) is 38.5 Å². The second kappa shape index (κ2) is 12.4. The average Bonchev–Trinajstić information content (AvgIpc) is 3.57. The Bertz CT molecular complexity index is 3380. The van der Waals surface area contributed by atoms with Crippen molar-refractivity contribution in [1.82, 2.24) is 19.5 Å².